The number of amides is 2. The summed E-state index contributed by atoms with van der Waals surface area (Å²) in [5.74, 6) is -0.221. The summed E-state index contributed by atoms with van der Waals surface area (Å²) in [4.78, 5) is 23.7. The highest BCUT2D eigenvalue weighted by Crippen LogP contribution is 2.16. The van der Waals surface area contributed by atoms with Crippen molar-refractivity contribution < 1.29 is 19.8 Å². The SMILES string of the molecule is C[C@@H](O)[C@@H](CO)N1C(=O)CSCC1=O. The predicted molar refractivity (Wildman–Crippen MR) is 51.7 cm³/mol. The van der Waals surface area contributed by atoms with Crippen molar-refractivity contribution >= 4 is 23.6 Å². The van der Waals surface area contributed by atoms with Crippen LogP contribution >= 0.6 is 11.8 Å². The summed E-state index contributed by atoms with van der Waals surface area (Å²) in [6.07, 6.45) is -0.906. The minimum atomic E-state index is -0.906. The molecule has 1 rings (SSSR count). The lowest BCUT2D eigenvalue weighted by Gasteiger charge is -2.33. The molecule has 0 aromatic heterocycles. The van der Waals surface area contributed by atoms with Crippen molar-refractivity contribution in [1.29, 1.82) is 0 Å². The molecule has 14 heavy (non-hydrogen) atoms. The Bertz CT molecular complexity index is 227. The van der Waals surface area contributed by atoms with E-state index in [1.54, 1.807) is 0 Å². The van der Waals surface area contributed by atoms with Crippen LogP contribution in [0.3, 0.4) is 0 Å². The predicted octanol–water partition coefficient (Wildman–Crippen LogP) is -1.17. The fraction of sp³-hybridized carbons (Fsp3) is 0.750. The normalized spacial score (nSPS) is 22.4. The van der Waals surface area contributed by atoms with Crippen LogP contribution in [0.15, 0.2) is 0 Å². The lowest BCUT2D eigenvalue weighted by atomic mass is 10.1. The molecule has 2 N–H and O–H groups in total. The molecule has 2 atom stereocenters. The number of hydrogen-bond donors (Lipinski definition) is 2. The topological polar surface area (TPSA) is 77.8 Å². The van der Waals surface area contributed by atoms with Gasteiger partial charge < -0.3 is 10.2 Å². The summed E-state index contributed by atoms with van der Waals surface area (Å²) >= 11 is 1.25. The van der Waals surface area contributed by atoms with E-state index in [4.69, 9.17) is 5.11 Å². The Kier molecular flexibility index (Phi) is 3.91. The smallest absolute Gasteiger partial charge is 0.239 e. The second-order valence-electron chi connectivity index (χ2n) is 3.14. The molecule has 0 radical (unpaired) electrons. The van der Waals surface area contributed by atoms with Crippen molar-refractivity contribution in [3.8, 4) is 0 Å². The summed E-state index contributed by atoms with van der Waals surface area (Å²) in [7, 11) is 0. The summed E-state index contributed by atoms with van der Waals surface area (Å²) in [5.41, 5.74) is 0. The number of carbonyl (C=O) groups is 2. The van der Waals surface area contributed by atoms with Crippen LogP contribution in [0.25, 0.3) is 0 Å². The first-order valence-electron chi connectivity index (χ1n) is 4.29. The first-order valence-corrected chi connectivity index (χ1v) is 5.45. The number of thioether (sulfide) groups is 1. The number of aliphatic hydroxyl groups is 2. The van der Waals surface area contributed by atoms with Gasteiger partial charge in [-0.2, -0.15) is 0 Å². The van der Waals surface area contributed by atoms with E-state index in [9.17, 15) is 14.7 Å². The number of imide groups is 1. The zero-order valence-corrected chi connectivity index (χ0v) is 8.66. The third-order valence-electron chi connectivity index (χ3n) is 2.06. The zero-order chi connectivity index (χ0) is 10.7. The molecule has 0 aromatic rings. The molecule has 2 amide bonds. The molecule has 80 valence electrons. The van der Waals surface area contributed by atoms with Gasteiger partial charge in [0.2, 0.25) is 11.8 Å². The van der Waals surface area contributed by atoms with Crippen LogP contribution in [0, 0.1) is 0 Å². The van der Waals surface area contributed by atoms with Crippen molar-refractivity contribution in [2.75, 3.05) is 18.1 Å². The van der Waals surface area contributed by atoms with Crippen LogP contribution in [0.2, 0.25) is 0 Å². The summed E-state index contributed by atoms with van der Waals surface area (Å²) in [6, 6.07) is -0.809. The molecule has 0 unspecified atom stereocenters. The Hall–Kier alpha value is -0.590. The van der Waals surface area contributed by atoms with Crippen molar-refractivity contribution in [1.82, 2.24) is 4.90 Å². The largest absolute Gasteiger partial charge is 0.394 e. The lowest BCUT2D eigenvalue weighted by molar-refractivity contribution is -0.149. The summed E-state index contributed by atoms with van der Waals surface area (Å²) in [6.45, 7) is 1.04. The number of hydrogen-bond acceptors (Lipinski definition) is 5. The second-order valence-corrected chi connectivity index (χ2v) is 4.13. The third-order valence-corrected chi connectivity index (χ3v) is 2.97. The summed E-state index contributed by atoms with van der Waals surface area (Å²) < 4.78 is 0. The second kappa shape index (κ2) is 4.77. The highest BCUT2D eigenvalue weighted by Gasteiger charge is 2.34. The van der Waals surface area contributed by atoms with Crippen LogP contribution in [0.5, 0.6) is 0 Å². The molecule has 1 saturated heterocycles. The standard InChI is InChI=1S/C8H13NO4S/c1-5(11)6(2-10)9-7(12)3-14-4-8(9)13/h5-6,10-11H,2-4H2,1H3/t5-,6-/m1/s1. The van der Waals surface area contributed by atoms with E-state index < -0.39 is 18.8 Å². The number of rotatable bonds is 3. The molecule has 0 aromatic carbocycles. The highest BCUT2D eigenvalue weighted by atomic mass is 32.2. The van der Waals surface area contributed by atoms with Gasteiger partial charge >= 0.3 is 0 Å². The average molecular weight is 219 g/mol. The van der Waals surface area contributed by atoms with E-state index in [0.717, 1.165) is 4.90 Å². The van der Waals surface area contributed by atoms with E-state index >= 15 is 0 Å². The third kappa shape index (κ3) is 2.26. The van der Waals surface area contributed by atoms with E-state index in [1.165, 1.54) is 18.7 Å². The van der Waals surface area contributed by atoms with Crippen molar-refractivity contribution in [3.05, 3.63) is 0 Å². The summed E-state index contributed by atoms with van der Waals surface area (Å²) in [5, 5.41) is 18.3. The first kappa shape index (κ1) is 11.5. The fourth-order valence-corrected chi connectivity index (χ4v) is 2.05. The van der Waals surface area contributed by atoms with E-state index in [-0.39, 0.29) is 23.3 Å². The molecule has 1 fully saturated rings. The van der Waals surface area contributed by atoms with Gasteiger partial charge in [-0.05, 0) is 6.92 Å². The molecule has 5 nitrogen and oxygen atoms in total. The van der Waals surface area contributed by atoms with Crippen molar-refractivity contribution in [2.24, 2.45) is 0 Å². The molecule has 1 aliphatic heterocycles. The van der Waals surface area contributed by atoms with Gasteiger partial charge in [-0.3, -0.25) is 14.5 Å². The van der Waals surface area contributed by atoms with Crippen LogP contribution in [-0.4, -0.2) is 57.2 Å². The number of aliphatic hydroxyl groups excluding tert-OH is 2. The molecule has 1 aliphatic rings. The van der Waals surface area contributed by atoms with Gasteiger partial charge in [-0.1, -0.05) is 0 Å². The highest BCUT2D eigenvalue weighted by molar-refractivity contribution is 8.00. The minimum Gasteiger partial charge on any atom is -0.394 e. The Labute approximate surface area is 86.1 Å². The number of carbonyl (C=O) groups excluding carboxylic acids is 2. The molecular formula is C8H13NO4S. The quantitative estimate of drug-likeness (QED) is 0.585. The molecule has 0 spiro atoms. The Morgan fingerprint density at radius 2 is 1.93 bits per heavy atom. The van der Waals surface area contributed by atoms with Gasteiger partial charge in [0.25, 0.3) is 0 Å². The van der Waals surface area contributed by atoms with Crippen LogP contribution in [0.4, 0.5) is 0 Å². The van der Waals surface area contributed by atoms with Gasteiger partial charge in [0.05, 0.1) is 30.3 Å². The maximum atomic E-state index is 11.4. The molecule has 0 aliphatic carbocycles. The monoisotopic (exact) mass is 219 g/mol. The maximum Gasteiger partial charge on any atom is 0.239 e. The van der Waals surface area contributed by atoms with E-state index in [1.807, 2.05) is 0 Å². The van der Waals surface area contributed by atoms with E-state index in [0.29, 0.717) is 0 Å². The van der Waals surface area contributed by atoms with Gasteiger partial charge in [0, 0.05) is 0 Å². The van der Waals surface area contributed by atoms with Gasteiger partial charge in [0.1, 0.15) is 0 Å². The molecule has 6 heteroatoms. The molecule has 1 heterocycles. The van der Waals surface area contributed by atoms with Crippen LogP contribution in [-0.2, 0) is 9.59 Å². The lowest BCUT2D eigenvalue weighted by Crippen LogP contribution is -2.54. The van der Waals surface area contributed by atoms with Crippen molar-refractivity contribution in [3.63, 3.8) is 0 Å². The van der Waals surface area contributed by atoms with Crippen LogP contribution < -0.4 is 0 Å². The zero-order valence-electron chi connectivity index (χ0n) is 7.84. The maximum absolute atomic E-state index is 11.4. The number of nitrogens with zero attached hydrogens (tertiary/aromatic N) is 1. The molecule has 0 saturated carbocycles. The molecule has 0 bridgehead atoms. The van der Waals surface area contributed by atoms with Gasteiger partial charge in [-0.25, -0.2) is 0 Å². The Morgan fingerprint density at radius 3 is 2.29 bits per heavy atom. The van der Waals surface area contributed by atoms with Crippen molar-refractivity contribution in [2.45, 2.75) is 19.1 Å². The minimum absolute atomic E-state index is 0.231. The van der Waals surface area contributed by atoms with Crippen LogP contribution in [0.1, 0.15) is 6.92 Å². The fourth-order valence-electron chi connectivity index (χ4n) is 1.32. The van der Waals surface area contributed by atoms with Gasteiger partial charge in [0.15, 0.2) is 0 Å². The molecular weight excluding hydrogens is 206 g/mol. The van der Waals surface area contributed by atoms with E-state index in [2.05, 4.69) is 0 Å². The Morgan fingerprint density at radius 1 is 1.43 bits per heavy atom. The van der Waals surface area contributed by atoms with Gasteiger partial charge in [-0.15, -0.1) is 11.8 Å². The first-order chi connectivity index (χ1) is 6.57. The Balaban J connectivity index is 2.80. The average Bonchev–Trinajstić information content (AvgIpc) is 2.10.